The maximum atomic E-state index is 5.90. The zero-order valence-electron chi connectivity index (χ0n) is 14.6. The summed E-state index contributed by atoms with van der Waals surface area (Å²) in [6.45, 7) is 8.27. The molecule has 23 heavy (non-hydrogen) atoms. The highest BCUT2D eigenvalue weighted by Gasteiger charge is 2.46. The second-order valence-electron chi connectivity index (χ2n) is 7.54. The Balaban J connectivity index is 1.41. The second kappa shape index (κ2) is 6.91. The molecule has 4 heteroatoms. The van der Waals surface area contributed by atoms with E-state index < -0.39 is 0 Å². The molecular weight excluding hydrogens is 286 g/mol. The van der Waals surface area contributed by atoms with Gasteiger partial charge in [0.1, 0.15) is 0 Å². The molecule has 0 radical (unpaired) electrons. The molecule has 0 aromatic heterocycles. The number of hydrogen-bond donors (Lipinski definition) is 1. The minimum atomic E-state index is 0.424. The minimum Gasteiger partial charge on any atom is -0.376 e. The number of nitrogens with zero attached hydrogens (tertiary/aromatic N) is 2. The minimum absolute atomic E-state index is 0.424. The lowest BCUT2D eigenvalue weighted by Gasteiger charge is -2.22. The van der Waals surface area contributed by atoms with Crippen molar-refractivity contribution in [1.82, 2.24) is 10.2 Å². The highest BCUT2D eigenvalue weighted by Crippen LogP contribution is 2.44. The summed E-state index contributed by atoms with van der Waals surface area (Å²) in [7, 11) is 1.89. The smallest absolute Gasteiger partial charge is 0.193 e. The number of aliphatic imine (C=N–C) groups is 1. The van der Waals surface area contributed by atoms with Crippen molar-refractivity contribution in [1.29, 1.82) is 0 Å². The van der Waals surface area contributed by atoms with Gasteiger partial charge in [-0.15, -0.1) is 0 Å². The highest BCUT2D eigenvalue weighted by molar-refractivity contribution is 5.81. The summed E-state index contributed by atoms with van der Waals surface area (Å²) in [4.78, 5) is 6.85. The first-order chi connectivity index (χ1) is 11.1. The van der Waals surface area contributed by atoms with E-state index in [9.17, 15) is 0 Å². The Morgan fingerprint density at radius 2 is 2.09 bits per heavy atom. The summed E-state index contributed by atoms with van der Waals surface area (Å²) < 4.78 is 5.90. The van der Waals surface area contributed by atoms with Crippen LogP contribution in [0.15, 0.2) is 35.3 Å². The Hall–Kier alpha value is -1.55. The number of ether oxygens (including phenoxy) is 1. The SMILES string of the molecule is CN=C(NC1CC1(C)C)N1CCC(COCc2ccccc2)C1. The largest absolute Gasteiger partial charge is 0.376 e. The Morgan fingerprint density at radius 3 is 2.74 bits per heavy atom. The van der Waals surface area contributed by atoms with Crippen molar-refractivity contribution in [2.24, 2.45) is 16.3 Å². The van der Waals surface area contributed by atoms with Crippen LogP contribution >= 0.6 is 0 Å². The van der Waals surface area contributed by atoms with Gasteiger partial charge in [0, 0.05) is 32.1 Å². The number of benzene rings is 1. The first-order valence-corrected chi connectivity index (χ1v) is 8.68. The van der Waals surface area contributed by atoms with Gasteiger partial charge in [-0.1, -0.05) is 44.2 Å². The van der Waals surface area contributed by atoms with Crippen LogP contribution in [0.5, 0.6) is 0 Å². The maximum absolute atomic E-state index is 5.90. The normalized spacial score (nSPS) is 26.4. The van der Waals surface area contributed by atoms with E-state index in [1.165, 1.54) is 18.4 Å². The van der Waals surface area contributed by atoms with Crippen molar-refractivity contribution < 1.29 is 4.74 Å². The molecule has 0 spiro atoms. The molecular formula is C19H29N3O. The van der Waals surface area contributed by atoms with E-state index in [4.69, 9.17) is 4.74 Å². The topological polar surface area (TPSA) is 36.9 Å². The van der Waals surface area contributed by atoms with Crippen LogP contribution in [0.2, 0.25) is 0 Å². The molecule has 1 aliphatic heterocycles. The van der Waals surface area contributed by atoms with Gasteiger partial charge in [0.25, 0.3) is 0 Å². The summed E-state index contributed by atoms with van der Waals surface area (Å²) in [5.74, 6) is 1.66. The molecule has 1 N–H and O–H groups in total. The third kappa shape index (κ3) is 4.25. The van der Waals surface area contributed by atoms with E-state index >= 15 is 0 Å². The first-order valence-electron chi connectivity index (χ1n) is 8.68. The maximum Gasteiger partial charge on any atom is 0.193 e. The van der Waals surface area contributed by atoms with Crippen molar-refractivity contribution in [3.63, 3.8) is 0 Å². The molecule has 0 amide bonds. The molecule has 2 fully saturated rings. The number of hydrogen-bond acceptors (Lipinski definition) is 2. The third-order valence-electron chi connectivity index (χ3n) is 5.08. The van der Waals surface area contributed by atoms with Gasteiger partial charge in [-0.2, -0.15) is 0 Å². The van der Waals surface area contributed by atoms with Crippen molar-refractivity contribution in [2.75, 3.05) is 26.7 Å². The molecule has 2 aliphatic rings. The standard InChI is InChI=1S/C19H29N3O/c1-19(2)11-17(19)21-18(20-3)22-10-9-16(12-22)14-23-13-15-7-5-4-6-8-15/h4-8,16-17H,9-14H2,1-3H3,(H,20,21). The van der Waals surface area contributed by atoms with Gasteiger partial charge < -0.3 is 15.0 Å². The molecule has 1 saturated heterocycles. The van der Waals surface area contributed by atoms with Crippen molar-refractivity contribution >= 4 is 5.96 Å². The van der Waals surface area contributed by atoms with Crippen LogP contribution < -0.4 is 5.32 Å². The zero-order chi connectivity index (χ0) is 16.3. The third-order valence-corrected chi connectivity index (χ3v) is 5.08. The van der Waals surface area contributed by atoms with Gasteiger partial charge in [-0.05, 0) is 23.8 Å². The molecule has 1 heterocycles. The molecule has 0 bridgehead atoms. The van der Waals surface area contributed by atoms with E-state index in [0.29, 0.717) is 24.0 Å². The Morgan fingerprint density at radius 1 is 1.35 bits per heavy atom. The number of rotatable bonds is 5. The van der Waals surface area contributed by atoms with Gasteiger partial charge in [0.15, 0.2) is 5.96 Å². The van der Waals surface area contributed by atoms with Crippen LogP contribution in [-0.4, -0.2) is 43.6 Å². The molecule has 1 aromatic rings. The fraction of sp³-hybridized carbons (Fsp3) is 0.632. The Bertz CT molecular complexity index is 541. The van der Waals surface area contributed by atoms with E-state index in [1.54, 1.807) is 0 Å². The van der Waals surface area contributed by atoms with Crippen LogP contribution in [0, 0.1) is 11.3 Å². The van der Waals surface area contributed by atoms with Crippen LogP contribution in [-0.2, 0) is 11.3 Å². The lowest BCUT2D eigenvalue weighted by molar-refractivity contribution is 0.0906. The van der Waals surface area contributed by atoms with E-state index in [1.807, 2.05) is 13.1 Å². The van der Waals surface area contributed by atoms with Gasteiger partial charge in [-0.25, -0.2) is 0 Å². The first kappa shape index (κ1) is 16.3. The van der Waals surface area contributed by atoms with Gasteiger partial charge >= 0.3 is 0 Å². The summed E-state index contributed by atoms with van der Waals surface area (Å²) in [5, 5.41) is 3.61. The van der Waals surface area contributed by atoms with Gasteiger partial charge in [0.05, 0.1) is 13.2 Å². The predicted octanol–water partition coefficient (Wildman–Crippen LogP) is 2.90. The Kier molecular flexibility index (Phi) is 4.90. The molecule has 126 valence electrons. The fourth-order valence-corrected chi connectivity index (χ4v) is 3.25. The van der Waals surface area contributed by atoms with E-state index in [0.717, 1.165) is 25.7 Å². The van der Waals surface area contributed by atoms with Crippen LogP contribution in [0.25, 0.3) is 0 Å². The average Bonchev–Trinajstić information content (AvgIpc) is 2.94. The number of nitrogens with one attached hydrogen (secondary N) is 1. The molecule has 1 aromatic carbocycles. The van der Waals surface area contributed by atoms with Gasteiger partial charge in [-0.3, -0.25) is 4.99 Å². The summed E-state index contributed by atoms with van der Waals surface area (Å²) in [6, 6.07) is 11.0. The average molecular weight is 315 g/mol. The summed E-state index contributed by atoms with van der Waals surface area (Å²) in [6.07, 6.45) is 2.42. The molecule has 1 saturated carbocycles. The van der Waals surface area contributed by atoms with Crippen LogP contribution in [0.1, 0.15) is 32.3 Å². The summed E-state index contributed by atoms with van der Waals surface area (Å²) in [5.41, 5.74) is 1.67. The quantitative estimate of drug-likeness (QED) is 0.670. The lowest BCUT2D eigenvalue weighted by Crippen LogP contribution is -2.42. The van der Waals surface area contributed by atoms with E-state index in [-0.39, 0.29) is 0 Å². The predicted molar refractivity (Wildman–Crippen MR) is 94.5 cm³/mol. The molecule has 2 atom stereocenters. The van der Waals surface area contributed by atoms with Crippen molar-refractivity contribution in [3.8, 4) is 0 Å². The van der Waals surface area contributed by atoms with Crippen LogP contribution in [0.3, 0.4) is 0 Å². The molecule has 4 nitrogen and oxygen atoms in total. The lowest BCUT2D eigenvalue weighted by atomic mass is 10.1. The molecule has 1 aliphatic carbocycles. The molecule has 2 unspecified atom stereocenters. The zero-order valence-corrected chi connectivity index (χ0v) is 14.6. The number of likely N-dealkylation sites (tertiary alicyclic amines) is 1. The van der Waals surface area contributed by atoms with Gasteiger partial charge in [0.2, 0.25) is 0 Å². The van der Waals surface area contributed by atoms with Crippen molar-refractivity contribution in [3.05, 3.63) is 35.9 Å². The number of guanidine groups is 1. The fourth-order valence-electron chi connectivity index (χ4n) is 3.25. The second-order valence-corrected chi connectivity index (χ2v) is 7.54. The highest BCUT2D eigenvalue weighted by atomic mass is 16.5. The Labute approximate surface area is 139 Å². The van der Waals surface area contributed by atoms with Crippen LogP contribution in [0.4, 0.5) is 0 Å². The summed E-state index contributed by atoms with van der Waals surface area (Å²) >= 11 is 0. The monoisotopic (exact) mass is 315 g/mol. The van der Waals surface area contributed by atoms with E-state index in [2.05, 4.69) is 53.3 Å². The molecule has 3 rings (SSSR count). The van der Waals surface area contributed by atoms with Crippen molar-refractivity contribution in [2.45, 2.75) is 39.3 Å².